The summed E-state index contributed by atoms with van der Waals surface area (Å²) in [7, 11) is 2.17. The van der Waals surface area contributed by atoms with E-state index in [4.69, 9.17) is 10.5 Å². The number of likely N-dealkylation sites (N-methyl/N-ethyl adjacent to an activating group) is 1. The predicted molar refractivity (Wildman–Crippen MR) is 126 cm³/mol. The number of hydrogen-bond acceptors (Lipinski definition) is 8. The summed E-state index contributed by atoms with van der Waals surface area (Å²) in [4.78, 5) is 27.9. The lowest BCUT2D eigenvalue weighted by atomic mass is 10.1. The molecule has 0 aliphatic carbocycles. The quantitative estimate of drug-likeness (QED) is 0.602. The Morgan fingerprint density at radius 1 is 1.12 bits per heavy atom. The number of aromatic nitrogens is 2. The summed E-state index contributed by atoms with van der Waals surface area (Å²) in [5.74, 6) is 0.706. The van der Waals surface area contributed by atoms with E-state index < -0.39 is 0 Å². The number of carbonyl (C=O) groups is 1. The second-order valence-electron chi connectivity index (χ2n) is 8.60. The van der Waals surface area contributed by atoms with Crippen LogP contribution in [0.5, 0.6) is 6.01 Å². The fraction of sp³-hybridized carbons (Fsp3) is 0.522. The first-order chi connectivity index (χ1) is 15.5. The number of anilines is 3. The van der Waals surface area contributed by atoms with Gasteiger partial charge in [-0.15, -0.1) is 0 Å². The molecule has 9 nitrogen and oxygen atoms in total. The first-order valence-corrected chi connectivity index (χ1v) is 11.4. The third-order valence-electron chi connectivity index (χ3n) is 5.89. The first kappa shape index (κ1) is 22.3. The van der Waals surface area contributed by atoms with Gasteiger partial charge in [-0.3, -0.25) is 9.69 Å². The third kappa shape index (κ3) is 5.46. The van der Waals surface area contributed by atoms with Crippen LogP contribution in [0, 0.1) is 0 Å². The zero-order chi connectivity index (χ0) is 22.5. The molecule has 4 rings (SSSR count). The van der Waals surface area contributed by atoms with Crippen molar-refractivity contribution in [3.8, 4) is 6.01 Å². The normalized spacial score (nSPS) is 17.2. The maximum atomic E-state index is 12.3. The molecule has 0 bridgehead atoms. The van der Waals surface area contributed by atoms with Crippen molar-refractivity contribution in [2.75, 3.05) is 62.3 Å². The minimum absolute atomic E-state index is 0.124. The van der Waals surface area contributed by atoms with Gasteiger partial charge < -0.3 is 25.6 Å². The maximum absolute atomic E-state index is 12.3. The Labute approximate surface area is 189 Å². The van der Waals surface area contributed by atoms with Crippen LogP contribution in [0.4, 0.5) is 17.3 Å². The Morgan fingerprint density at radius 3 is 2.62 bits per heavy atom. The van der Waals surface area contributed by atoms with Crippen molar-refractivity contribution in [1.82, 2.24) is 19.8 Å². The molecular weight excluding hydrogens is 406 g/mol. The van der Waals surface area contributed by atoms with E-state index in [9.17, 15) is 4.79 Å². The molecule has 3 heterocycles. The van der Waals surface area contributed by atoms with Crippen LogP contribution in [0.25, 0.3) is 0 Å². The van der Waals surface area contributed by atoms with Crippen LogP contribution in [0.3, 0.4) is 0 Å². The van der Waals surface area contributed by atoms with Gasteiger partial charge in [-0.1, -0.05) is 37.6 Å². The first-order valence-electron chi connectivity index (χ1n) is 11.4. The summed E-state index contributed by atoms with van der Waals surface area (Å²) >= 11 is 0. The average molecular weight is 440 g/mol. The van der Waals surface area contributed by atoms with Gasteiger partial charge in [0.15, 0.2) is 11.6 Å². The molecule has 0 spiro atoms. The largest absolute Gasteiger partial charge is 0.463 e. The molecule has 32 heavy (non-hydrogen) atoms. The Morgan fingerprint density at radius 2 is 1.88 bits per heavy atom. The smallest absolute Gasteiger partial charge is 0.320 e. The number of unbranched alkanes of at least 4 members (excludes halogenated alkanes) is 1. The SMILES string of the molecule is CCCCOc1nc(N)c2c(n1)N(Cc1cccc(CN3CCN(C)CC3)c1)CC(=O)N2. The summed E-state index contributed by atoms with van der Waals surface area (Å²) in [6.07, 6.45) is 1.94. The van der Waals surface area contributed by atoms with Crippen molar-refractivity contribution in [3.05, 3.63) is 35.4 Å². The number of carbonyl (C=O) groups excluding carboxylic acids is 1. The molecule has 1 aromatic heterocycles. The molecule has 1 saturated heterocycles. The van der Waals surface area contributed by atoms with Crippen LogP contribution in [0.15, 0.2) is 24.3 Å². The Hall–Kier alpha value is -2.91. The molecule has 1 fully saturated rings. The highest BCUT2D eigenvalue weighted by atomic mass is 16.5. The number of fused-ring (bicyclic) bond motifs is 1. The Bertz CT molecular complexity index is 944. The van der Waals surface area contributed by atoms with E-state index in [0.717, 1.165) is 51.1 Å². The second kappa shape index (κ2) is 10.1. The highest BCUT2D eigenvalue weighted by Crippen LogP contribution is 2.34. The zero-order valence-corrected chi connectivity index (χ0v) is 19.0. The van der Waals surface area contributed by atoms with Crippen LogP contribution in [0.1, 0.15) is 30.9 Å². The van der Waals surface area contributed by atoms with E-state index in [1.165, 1.54) is 5.56 Å². The number of benzene rings is 1. The maximum Gasteiger partial charge on any atom is 0.320 e. The number of nitrogen functional groups attached to an aromatic ring is 1. The monoisotopic (exact) mass is 439 g/mol. The van der Waals surface area contributed by atoms with Crippen molar-refractivity contribution in [3.63, 3.8) is 0 Å². The summed E-state index contributed by atoms with van der Waals surface area (Å²) in [6.45, 7) is 8.70. The number of hydrogen-bond donors (Lipinski definition) is 2. The number of piperazine rings is 1. The lowest BCUT2D eigenvalue weighted by Crippen LogP contribution is -2.43. The van der Waals surface area contributed by atoms with Gasteiger partial charge in [0.1, 0.15) is 5.69 Å². The van der Waals surface area contributed by atoms with Gasteiger partial charge >= 0.3 is 6.01 Å². The summed E-state index contributed by atoms with van der Waals surface area (Å²) in [6, 6.07) is 8.80. The summed E-state index contributed by atoms with van der Waals surface area (Å²) < 4.78 is 5.68. The molecule has 0 atom stereocenters. The molecule has 2 aliphatic rings. The average Bonchev–Trinajstić information content (AvgIpc) is 2.77. The molecule has 1 aromatic carbocycles. The lowest BCUT2D eigenvalue weighted by Gasteiger charge is -2.32. The minimum atomic E-state index is -0.124. The van der Waals surface area contributed by atoms with Crippen LogP contribution < -0.4 is 20.7 Å². The van der Waals surface area contributed by atoms with Gasteiger partial charge in [0, 0.05) is 39.3 Å². The van der Waals surface area contributed by atoms with Crippen molar-refractivity contribution in [1.29, 1.82) is 0 Å². The highest BCUT2D eigenvalue weighted by molar-refractivity contribution is 6.03. The van der Waals surface area contributed by atoms with E-state index in [-0.39, 0.29) is 24.3 Å². The number of nitrogens with one attached hydrogen (secondary N) is 1. The van der Waals surface area contributed by atoms with E-state index in [2.05, 4.69) is 63.3 Å². The van der Waals surface area contributed by atoms with Crippen LogP contribution in [-0.2, 0) is 17.9 Å². The topological polar surface area (TPSA) is 99.8 Å². The number of nitrogens with two attached hydrogens (primary N) is 1. The number of ether oxygens (including phenoxy) is 1. The van der Waals surface area contributed by atoms with Crippen molar-refractivity contribution < 1.29 is 9.53 Å². The van der Waals surface area contributed by atoms with Gasteiger partial charge in [-0.2, -0.15) is 9.97 Å². The third-order valence-corrected chi connectivity index (χ3v) is 5.89. The van der Waals surface area contributed by atoms with Crippen LogP contribution >= 0.6 is 0 Å². The van der Waals surface area contributed by atoms with Crippen LogP contribution in [-0.4, -0.2) is 72.1 Å². The van der Waals surface area contributed by atoms with Crippen LogP contribution in [0.2, 0.25) is 0 Å². The van der Waals surface area contributed by atoms with E-state index in [1.54, 1.807) is 0 Å². The second-order valence-corrected chi connectivity index (χ2v) is 8.60. The molecule has 0 radical (unpaired) electrons. The zero-order valence-electron chi connectivity index (χ0n) is 19.0. The molecular formula is C23H33N7O2. The van der Waals surface area contributed by atoms with E-state index in [1.807, 2.05) is 4.90 Å². The minimum Gasteiger partial charge on any atom is -0.463 e. The van der Waals surface area contributed by atoms with Gasteiger partial charge in [0.05, 0.1) is 13.2 Å². The summed E-state index contributed by atoms with van der Waals surface area (Å²) in [5, 5.41) is 2.81. The molecule has 2 aromatic rings. The molecule has 172 valence electrons. The van der Waals surface area contributed by atoms with Gasteiger partial charge in [-0.05, 0) is 24.6 Å². The standard InChI is InChI=1S/C23H33N7O2/c1-3-4-12-32-23-26-21(24)20-22(27-23)30(16-19(31)25-20)15-18-7-5-6-17(13-18)14-29-10-8-28(2)9-11-29/h5-7,13H,3-4,8-12,14-16H2,1-2H3,(H,25,31)(H2,24,26,27). The molecule has 1 amide bonds. The van der Waals surface area contributed by atoms with Crippen molar-refractivity contribution in [2.24, 2.45) is 0 Å². The van der Waals surface area contributed by atoms with E-state index in [0.29, 0.717) is 24.7 Å². The Balaban J connectivity index is 1.50. The predicted octanol–water partition coefficient (Wildman–Crippen LogP) is 1.94. The fourth-order valence-electron chi connectivity index (χ4n) is 4.03. The van der Waals surface area contributed by atoms with Crippen molar-refractivity contribution in [2.45, 2.75) is 32.9 Å². The Kier molecular flexibility index (Phi) is 7.06. The fourth-order valence-corrected chi connectivity index (χ4v) is 4.03. The van der Waals surface area contributed by atoms with E-state index >= 15 is 0 Å². The number of amides is 1. The van der Waals surface area contributed by atoms with Gasteiger partial charge in [0.2, 0.25) is 5.91 Å². The molecule has 3 N–H and O–H groups in total. The van der Waals surface area contributed by atoms with Crippen molar-refractivity contribution >= 4 is 23.2 Å². The van der Waals surface area contributed by atoms with Gasteiger partial charge in [0.25, 0.3) is 0 Å². The number of rotatable bonds is 8. The van der Waals surface area contributed by atoms with Gasteiger partial charge in [-0.25, -0.2) is 0 Å². The molecule has 9 heteroatoms. The number of nitrogens with zero attached hydrogens (tertiary/aromatic N) is 5. The highest BCUT2D eigenvalue weighted by Gasteiger charge is 2.27. The molecule has 0 saturated carbocycles. The molecule has 0 unspecified atom stereocenters. The lowest BCUT2D eigenvalue weighted by molar-refractivity contribution is -0.115. The summed E-state index contributed by atoms with van der Waals surface area (Å²) in [5.41, 5.74) is 8.98. The molecule has 2 aliphatic heterocycles.